The number of likely N-dealkylation sites (N-methyl/N-ethyl adjacent to an activating group) is 1. The number of ether oxygens (including phenoxy) is 1. The van der Waals surface area contributed by atoms with Gasteiger partial charge in [0.25, 0.3) is 11.8 Å². The summed E-state index contributed by atoms with van der Waals surface area (Å²) in [5, 5.41) is 14.4. The number of rotatable bonds is 11. The molecule has 1 aromatic heterocycles. The quantitative estimate of drug-likeness (QED) is 0.108. The van der Waals surface area contributed by atoms with E-state index in [4.69, 9.17) is 15.1 Å². The molecule has 1 atom stereocenters. The second-order valence-electron chi connectivity index (χ2n) is 13.3. The zero-order chi connectivity index (χ0) is 36.8. The molecule has 3 N–H and O–H groups in total. The summed E-state index contributed by atoms with van der Waals surface area (Å²) in [4.78, 5) is 48.4. The Hall–Kier alpha value is -5.97. The van der Waals surface area contributed by atoms with Crippen LogP contribution in [0.5, 0.6) is 0 Å². The fraction of sp³-hybridized carbons (Fsp3) is 0.293. The third-order valence-electron chi connectivity index (χ3n) is 10.0. The van der Waals surface area contributed by atoms with Crippen LogP contribution in [0.3, 0.4) is 0 Å². The minimum absolute atomic E-state index is 0.0166. The predicted octanol–water partition coefficient (Wildman–Crippen LogP) is 6.40. The van der Waals surface area contributed by atoms with Crippen LogP contribution in [0, 0.1) is 12.3 Å². The first-order valence-electron chi connectivity index (χ1n) is 17.6. The van der Waals surface area contributed by atoms with E-state index in [1.165, 1.54) is 4.90 Å². The normalized spacial score (nSPS) is 13.7. The molecule has 52 heavy (non-hydrogen) atoms. The highest BCUT2D eigenvalue weighted by Crippen LogP contribution is 2.34. The standard InChI is InChI=1S/C41H45N7O4/c1-28-12-8-9-13-29(28)22-25-52-40(51)47(4)41(2,39(50)48-23-10-11-24-48)32-18-21-35-34(26-32)44-36(46(35)3)27-43-33-19-16-30(17-20-33)37(42)45-38(49)31-14-6-5-7-15-31/h5-9,12-21,26,43H,10-11,22-25,27H2,1-4H3,(H2,42,45,49)/t41-/m1/s1. The molecule has 0 unspecified atom stereocenters. The second kappa shape index (κ2) is 15.5. The molecule has 11 nitrogen and oxygen atoms in total. The first-order valence-corrected chi connectivity index (χ1v) is 17.6. The fourth-order valence-corrected chi connectivity index (χ4v) is 6.60. The van der Waals surface area contributed by atoms with Crippen molar-refractivity contribution in [2.75, 3.05) is 32.1 Å². The van der Waals surface area contributed by atoms with Gasteiger partial charge in [-0.1, -0.05) is 48.5 Å². The van der Waals surface area contributed by atoms with Crippen molar-refractivity contribution in [1.29, 1.82) is 5.41 Å². The number of nitrogens with zero attached hydrogens (tertiary/aromatic N) is 4. The van der Waals surface area contributed by atoms with Gasteiger partial charge >= 0.3 is 6.09 Å². The van der Waals surface area contributed by atoms with E-state index in [0.717, 1.165) is 41.0 Å². The lowest BCUT2D eigenvalue weighted by atomic mass is 9.88. The topological polar surface area (TPSA) is 133 Å². The molecule has 1 fully saturated rings. The lowest BCUT2D eigenvalue weighted by Crippen LogP contribution is -2.55. The number of aromatic nitrogens is 2. The smallest absolute Gasteiger partial charge is 0.410 e. The predicted molar refractivity (Wildman–Crippen MR) is 202 cm³/mol. The molecule has 1 saturated heterocycles. The van der Waals surface area contributed by atoms with Crippen LogP contribution in [0.4, 0.5) is 10.5 Å². The molecule has 268 valence electrons. The van der Waals surface area contributed by atoms with Gasteiger partial charge in [0.05, 0.1) is 24.2 Å². The Bertz CT molecular complexity index is 2090. The van der Waals surface area contributed by atoms with Gasteiger partial charge in [-0.05, 0) is 91.9 Å². The molecule has 0 bridgehead atoms. The molecule has 0 saturated carbocycles. The molecule has 0 radical (unpaired) electrons. The molecule has 3 amide bonds. The molecule has 2 heterocycles. The summed E-state index contributed by atoms with van der Waals surface area (Å²) in [6.45, 7) is 5.74. The first-order chi connectivity index (χ1) is 25.1. The van der Waals surface area contributed by atoms with Crippen molar-refractivity contribution in [3.8, 4) is 0 Å². The van der Waals surface area contributed by atoms with Crippen LogP contribution in [-0.2, 0) is 35.1 Å². The number of fused-ring (bicyclic) bond motifs is 1. The number of likely N-dealkylation sites (tertiary alicyclic amines) is 1. The van der Waals surface area contributed by atoms with Crippen molar-refractivity contribution in [3.63, 3.8) is 0 Å². The number of anilines is 1. The minimum atomic E-state index is -1.32. The number of amidine groups is 1. The monoisotopic (exact) mass is 699 g/mol. The number of aryl methyl sites for hydroxylation is 2. The maximum Gasteiger partial charge on any atom is 0.410 e. The number of hydrogen-bond acceptors (Lipinski definition) is 7. The van der Waals surface area contributed by atoms with Crippen LogP contribution in [-0.4, -0.2) is 69.8 Å². The number of carbonyl (C=O) groups excluding carboxylic acids is 3. The molecule has 1 aliphatic rings. The molecule has 6 rings (SSSR count). The highest BCUT2D eigenvalue weighted by atomic mass is 16.6. The van der Waals surface area contributed by atoms with Gasteiger partial charge in [0, 0.05) is 50.4 Å². The molecule has 0 aliphatic carbocycles. The summed E-state index contributed by atoms with van der Waals surface area (Å²) in [5.41, 5.74) is 5.08. The summed E-state index contributed by atoms with van der Waals surface area (Å²) in [5.74, 6) is 0.314. The third-order valence-corrected chi connectivity index (χ3v) is 10.0. The van der Waals surface area contributed by atoms with E-state index in [0.29, 0.717) is 48.3 Å². The van der Waals surface area contributed by atoms with Gasteiger partial charge in [0.15, 0.2) is 0 Å². The summed E-state index contributed by atoms with van der Waals surface area (Å²) in [6.07, 6.45) is 1.88. The van der Waals surface area contributed by atoms with E-state index in [9.17, 15) is 14.4 Å². The van der Waals surface area contributed by atoms with Gasteiger partial charge in [-0.15, -0.1) is 0 Å². The molecule has 11 heteroatoms. The van der Waals surface area contributed by atoms with Crippen LogP contribution in [0.1, 0.15) is 58.2 Å². The lowest BCUT2D eigenvalue weighted by molar-refractivity contribution is -0.141. The second-order valence-corrected chi connectivity index (χ2v) is 13.3. The van der Waals surface area contributed by atoms with E-state index in [1.54, 1.807) is 50.4 Å². The van der Waals surface area contributed by atoms with Gasteiger partial charge in [-0.2, -0.15) is 0 Å². The van der Waals surface area contributed by atoms with Gasteiger partial charge in [0.1, 0.15) is 17.2 Å². The Labute approximate surface area is 304 Å². The van der Waals surface area contributed by atoms with Gasteiger partial charge in [0.2, 0.25) is 0 Å². The number of nitrogens with one attached hydrogen (secondary N) is 3. The summed E-state index contributed by atoms with van der Waals surface area (Å²) in [7, 11) is 3.57. The molecule has 0 spiro atoms. The Kier molecular flexibility index (Phi) is 10.7. The minimum Gasteiger partial charge on any atom is -0.449 e. The maximum absolute atomic E-state index is 14.2. The number of benzene rings is 4. The Morgan fingerprint density at radius 1 is 0.923 bits per heavy atom. The zero-order valence-corrected chi connectivity index (χ0v) is 30.1. The SMILES string of the molecule is Cc1ccccc1CCOC(=O)N(C)[C@@](C)(C(=O)N1CCCC1)c1ccc2c(c1)nc(CNc1ccc(C(=N)NC(=O)c3ccccc3)cc1)n2C. The molecule has 5 aromatic rings. The summed E-state index contributed by atoms with van der Waals surface area (Å²) < 4.78 is 7.74. The van der Waals surface area contributed by atoms with Crippen LogP contribution >= 0.6 is 0 Å². The molecular formula is C41H45N7O4. The summed E-state index contributed by atoms with van der Waals surface area (Å²) in [6, 6.07) is 29.8. The van der Waals surface area contributed by atoms with Crippen molar-refractivity contribution in [1.82, 2.24) is 24.7 Å². The average molecular weight is 700 g/mol. The average Bonchev–Trinajstić information content (AvgIpc) is 3.82. The highest BCUT2D eigenvalue weighted by Gasteiger charge is 2.46. The van der Waals surface area contributed by atoms with E-state index >= 15 is 0 Å². The lowest BCUT2D eigenvalue weighted by Gasteiger charge is -2.39. The van der Waals surface area contributed by atoms with Crippen molar-refractivity contribution >= 4 is 40.5 Å². The van der Waals surface area contributed by atoms with E-state index in [-0.39, 0.29) is 24.3 Å². The molecular weight excluding hydrogens is 654 g/mol. The summed E-state index contributed by atoms with van der Waals surface area (Å²) >= 11 is 0. The van der Waals surface area contributed by atoms with Crippen LogP contribution < -0.4 is 10.6 Å². The fourth-order valence-electron chi connectivity index (χ4n) is 6.60. The van der Waals surface area contributed by atoms with Crippen molar-refractivity contribution in [2.24, 2.45) is 7.05 Å². The molecule has 1 aliphatic heterocycles. The molecule has 4 aromatic carbocycles. The zero-order valence-electron chi connectivity index (χ0n) is 30.1. The van der Waals surface area contributed by atoms with Gasteiger partial charge in [-0.25, -0.2) is 9.78 Å². The van der Waals surface area contributed by atoms with Crippen molar-refractivity contribution in [2.45, 2.75) is 45.2 Å². The Morgan fingerprint density at radius 3 is 2.33 bits per heavy atom. The van der Waals surface area contributed by atoms with E-state index < -0.39 is 11.6 Å². The van der Waals surface area contributed by atoms with E-state index in [1.807, 2.05) is 84.1 Å². The largest absolute Gasteiger partial charge is 0.449 e. The maximum atomic E-state index is 14.2. The van der Waals surface area contributed by atoms with Crippen molar-refractivity contribution < 1.29 is 19.1 Å². The third kappa shape index (κ3) is 7.53. The number of imidazole rings is 1. The van der Waals surface area contributed by atoms with Crippen LogP contribution in [0.2, 0.25) is 0 Å². The number of hydrogen-bond donors (Lipinski definition) is 3. The van der Waals surface area contributed by atoms with E-state index in [2.05, 4.69) is 10.6 Å². The van der Waals surface area contributed by atoms with Crippen LogP contribution in [0.25, 0.3) is 11.0 Å². The van der Waals surface area contributed by atoms with Crippen LogP contribution in [0.15, 0.2) is 97.1 Å². The first kappa shape index (κ1) is 35.8. The van der Waals surface area contributed by atoms with Crippen molar-refractivity contribution in [3.05, 3.63) is 131 Å². The number of carbonyl (C=O) groups is 3. The highest BCUT2D eigenvalue weighted by molar-refractivity contribution is 6.11. The van der Waals surface area contributed by atoms with Gasteiger partial charge < -0.3 is 24.8 Å². The van der Waals surface area contributed by atoms with Gasteiger partial charge in [-0.3, -0.25) is 19.9 Å². The number of amides is 3. The Morgan fingerprint density at radius 2 is 1.62 bits per heavy atom. The Balaban J connectivity index is 1.16.